The largest absolute Gasteiger partial charge is 0.573 e. The third-order valence-corrected chi connectivity index (χ3v) is 9.72. The highest BCUT2D eigenvalue weighted by Gasteiger charge is 2.45. The normalized spacial score (nSPS) is 15.7. The summed E-state index contributed by atoms with van der Waals surface area (Å²) in [5, 5.41) is 2.26. The van der Waals surface area contributed by atoms with Crippen molar-refractivity contribution in [1.29, 1.82) is 0 Å². The number of nitrogens with zero attached hydrogens (tertiary/aromatic N) is 3. The van der Waals surface area contributed by atoms with E-state index in [0.717, 1.165) is 47.4 Å². The average molecular weight is 607 g/mol. The third kappa shape index (κ3) is 6.26. The van der Waals surface area contributed by atoms with Crippen molar-refractivity contribution in [3.63, 3.8) is 0 Å². The molecule has 1 aliphatic rings. The summed E-state index contributed by atoms with van der Waals surface area (Å²) in [7, 11) is -4.22. The van der Waals surface area contributed by atoms with Gasteiger partial charge in [0.1, 0.15) is 12.1 Å². The molecule has 9 nitrogen and oxygen atoms in total. The second-order valence-electron chi connectivity index (χ2n) is 9.96. The molecule has 1 N–H and O–H groups in total. The zero-order chi connectivity index (χ0) is 30.4. The van der Waals surface area contributed by atoms with Crippen LogP contribution in [0.5, 0.6) is 5.75 Å². The van der Waals surface area contributed by atoms with E-state index in [4.69, 9.17) is 0 Å². The molecule has 41 heavy (non-hydrogen) atoms. The van der Waals surface area contributed by atoms with E-state index in [2.05, 4.69) is 14.8 Å². The van der Waals surface area contributed by atoms with Crippen LogP contribution in [0.25, 0.3) is 5.69 Å². The van der Waals surface area contributed by atoms with Gasteiger partial charge in [0.15, 0.2) is 9.84 Å². The van der Waals surface area contributed by atoms with Gasteiger partial charge in [0.25, 0.3) is 5.91 Å². The number of hydrogen-bond acceptors (Lipinski definition) is 6. The minimum absolute atomic E-state index is 0.0612. The number of ether oxygens (including phenoxy) is 1. The Bertz CT molecular complexity index is 1600. The minimum Gasteiger partial charge on any atom is -0.406 e. The van der Waals surface area contributed by atoms with E-state index in [1.54, 1.807) is 0 Å². The lowest BCUT2D eigenvalue weighted by atomic mass is 9.85. The topological polar surface area (TPSA) is 114 Å². The Kier molecular flexibility index (Phi) is 7.75. The molecule has 0 unspecified atom stereocenters. The van der Waals surface area contributed by atoms with E-state index in [1.165, 1.54) is 18.7 Å². The average Bonchev–Trinajstić information content (AvgIpc) is 3.33. The van der Waals surface area contributed by atoms with E-state index in [-0.39, 0.29) is 37.2 Å². The number of alkyl halides is 6. The number of carbonyl (C=O) groups is 1. The van der Waals surface area contributed by atoms with Crippen molar-refractivity contribution < 1.29 is 44.3 Å². The van der Waals surface area contributed by atoms with E-state index < -0.39 is 60.8 Å². The van der Waals surface area contributed by atoms with Gasteiger partial charge in [-0.05, 0) is 62.9 Å². The van der Waals surface area contributed by atoms with Crippen molar-refractivity contribution in [2.75, 3.05) is 13.1 Å². The number of carbonyl (C=O) groups excluding carboxylic acids is 1. The van der Waals surface area contributed by atoms with E-state index in [1.807, 2.05) is 0 Å². The van der Waals surface area contributed by atoms with Gasteiger partial charge in [-0.2, -0.15) is 18.2 Å². The first-order chi connectivity index (χ1) is 18.9. The smallest absolute Gasteiger partial charge is 0.406 e. The van der Waals surface area contributed by atoms with E-state index in [0.29, 0.717) is 6.07 Å². The van der Waals surface area contributed by atoms with Gasteiger partial charge in [0.05, 0.1) is 26.5 Å². The summed E-state index contributed by atoms with van der Waals surface area (Å²) in [6.07, 6.45) is -8.37. The van der Waals surface area contributed by atoms with Crippen LogP contribution in [-0.2, 0) is 16.0 Å². The summed E-state index contributed by atoms with van der Waals surface area (Å²) in [4.78, 5) is 29.3. The first kappa shape index (κ1) is 30.1. The number of benzene rings is 2. The molecule has 1 saturated heterocycles. The molecule has 222 valence electrons. The van der Waals surface area contributed by atoms with E-state index in [9.17, 15) is 44.3 Å². The molecule has 0 bridgehead atoms. The Balaban J connectivity index is 1.55. The van der Waals surface area contributed by atoms with Crippen molar-refractivity contribution in [2.45, 2.75) is 48.9 Å². The van der Waals surface area contributed by atoms with Crippen molar-refractivity contribution in [3.8, 4) is 11.4 Å². The fourth-order valence-electron chi connectivity index (χ4n) is 4.79. The quantitative estimate of drug-likeness (QED) is 0.411. The van der Waals surface area contributed by atoms with E-state index >= 15 is 0 Å². The monoisotopic (exact) mass is 606 g/mol. The highest BCUT2D eigenvalue weighted by molar-refractivity contribution is 7.92. The first-order valence-corrected chi connectivity index (χ1v) is 13.6. The fourth-order valence-corrected chi connectivity index (χ4v) is 6.61. The summed E-state index contributed by atoms with van der Waals surface area (Å²) >= 11 is 0. The Labute approximate surface area is 229 Å². The zero-order valence-corrected chi connectivity index (χ0v) is 22.4. The maximum atomic E-state index is 13.4. The summed E-state index contributed by atoms with van der Waals surface area (Å²) in [6.45, 7) is 2.98. The Morgan fingerprint density at radius 1 is 1.02 bits per heavy atom. The lowest BCUT2D eigenvalue weighted by molar-refractivity contribution is -0.274. The Hall–Kier alpha value is -3.82. The van der Waals surface area contributed by atoms with Crippen LogP contribution in [0.1, 0.15) is 42.6 Å². The number of aromatic amines is 1. The molecule has 1 aliphatic heterocycles. The SMILES string of the molecule is CC(C)(C1CCN(C(=O)c2ccc(OC(F)(F)F)cc2-n2cnc(=O)[nH]2)CC1)S(=O)(=O)c1cccc(C(F)(F)F)c1. The number of amides is 1. The molecular weight excluding hydrogens is 582 g/mol. The van der Waals surface area contributed by atoms with Crippen molar-refractivity contribution in [2.24, 2.45) is 5.92 Å². The van der Waals surface area contributed by atoms with Gasteiger partial charge in [-0.25, -0.2) is 23.0 Å². The summed E-state index contributed by atoms with van der Waals surface area (Å²) in [5.41, 5.74) is -2.12. The fraction of sp³-hybridized carbons (Fsp3) is 0.400. The molecule has 1 fully saturated rings. The number of nitrogens with one attached hydrogen (secondary N) is 1. The van der Waals surface area contributed by atoms with Crippen LogP contribution in [0.2, 0.25) is 0 Å². The number of sulfone groups is 1. The highest BCUT2D eigenvalue weighted by Crippen LogP contribution is 2.40. The number of halogens is 6. The standard InChI is InChI=1S/C25H24F6N4O5S/c1-23(2,41(38,39)18-5-3-4-16(12-18)24(26,27)28)15-8-10-34(11-9-15)21(36)19-7-6-17(40-25(29,30)31)13-20(19)35-14-32-22(37)33-35/h3-7,12-15H,8-11H2,1-2H3,(H,33,37). The maximum absolute atomic E-state index is 13.4. The van der Waals surface area contributed by atoms with Crippen LogP contribution in [0.15, 0.2) is 58.5 Å². The second kappa shape index (κ2) is 10.5. The molecule has 2 aromatic carbocycles. The predicted molar refractivity (Wildman–Crippen MR) is 132 cm³/mol. The first-order valence-electron chi connectivity index (χ1n) is 12.1. The van der Waals surface area contributed by atoms with Gasteiger partial charge in [-0.3, -0.25) is 4.79 Å². The van der Waals surface area contributed by atoms with Gasteiger partial charge in [0, 0.05) is 19.2 Å². The molecule has 0 radical (unpaired) electrons. The van der Waals surface area contributed by atoms with Gasteiger partial charge >= 0.3 is 18.2 Å². The maximum Gasteiger partial charge on any atom is 0.573 e. The number of H-pyrrole nitrogens is 1. The van der Waals surface area contributed by atoms with Gasteiger partial charge in [-0.1, -0.05) is 6.07 Å². The van der Waals surface area contributed by atoms with Crippen LogP contribution in [-0.4, -0.2) is 58.2 Å². The summed E-state index contributed by atoms with van der Waals surface area (Å²) < 4.78 is 108. The summed E-state index contributed by atoms with van der Waals surface area (Å²) in [5.74, 6) is -1.78. The van der Waals surface area contributed by atoms with Gasteiger partial charge in [0.2, 0.25) is 0 Å². The van der Waals surface area contributed by atoms with Crippen molar-refractivity contribution in [3.05, 3.63) is 70.4 Å². The predicted octanol–water partition coefficient (Wildman–Crippen LogP) is 4.58. The number of aromatic nitrogens is 3. The van der Waals surface area contributed by atoms with Crippen LogP contribution in [0.4, 0.5) is 26.3 Å². The molecule has 0 aliphatic carbocycles. The van der Waals surface area contributed by atoms with Gasteiger partial charge in [-0.15, -0.1) is 13.2 Å². The lowest BCUT2D eigenvalue weighted by Crippen LogP contribution is -2.47. The third-order valence-electron chi connectivity index (χ3n) is 7.13. The summed E-state index contributed by atoms with van der Waals surface area (Å²) in [6, 6.07) is 6.48. The molecule has 3 aromatic rings. The molecule has 16 heteroatoms. The van der Waals surface area contributed by atoms with Crippen molar-refractivity contribution >= 4 is 15.7 Å². The van der Waals surface area contributed by atoms with Crippen LogP contribution < -0.4 is 10.4 Å². The Morgan fingerprint density at radius 3 is 2.24 bits per heavy atom. The van der Waals surface area contributed by atoms with Crippen LogP contribution in [0, 0.1) is 5.92 Å². The van der Waals surface area contributed by atoms with Gasteiger partial charge < -0.3 is 9.64 Å². The molecular formula is C25H24F6N4O5S. The molecule has 0 spiro atoms. The Morgan fingerprint density at radius 2 is 1.68 bits per heavy atom. The lowest BCUT2D eigenvalue weighted by Gasteiger charge is -2.40. The minimum atomic E-state index is -5.01. The number of piperidine rings is 1. The zero-order valence-electron chi connectivity index (χ0n) is 21.6. The molecule has 1 amide bonds. The molecule has 0 atom stereocenters. The molecule has 0 saturated carbocycles. The highest BCUT2D eigenvalue weighted by atomic mass is 32.2. The van der Waals surface area contributed by atoms with Crippen molar-refractivity contribution in [1.82, 2.24) is 19.7 Å². The molecule has 2 heterocycles. The number of likely N-dealkylation sites (tertiary alicyclic amines) is 1. The molecule has 4 rings (SSSR count). The van der Waals surface area contributed by atoms with Crippen LogP contribution in [0.3, 0.4) is 0 Å². The molecule has 1 aromatic heterocycles. The number of hydrogen-bond donors (Lipinski definition) is 1. The van der Waals surface area contributed by atoms with Crippen LogP contribution >= 0.6 is 0 Å². The number of rotatable bonds is 6. The second-order valence-corrected chi connectivity index (χ2v) is 12.5.